The lowest BCUT2D eigenvalue weighted by Crippen LogP contribution is -2.53. The molecule has 2 atom stereocenters. The van der Waals surface area contributed by atoms with Crippen LogP contribution in [0.5, 0.6) is 0 Å². The summed E-state index contributed by atoms with van der Waals surface area (Å²) in [5, 5.41) is 17.5. The van der Waals surface area contributed by atoms with Gasteiger partial charge < -0.3 is 21.7 Å². The molecular formula is C15H19N3O7. The number of carboxylic acid groups (broad SMARTS) is 2. The molecule has 0 unspecified atom stereocenters. The Morgan fingerprint density at radius 3 is 2.04 bits per heavy atom. The van der Waals surface area contributed by atoms with Gasteiger partial charge in [-0.05, 0) is 12.0 Å². The van der Waals surface area contributed by atoms with E-state index in [0.717, 1.165) is 0 Å². The zero-order chi connectivity index (χ0) is 19.0. The predicted octanol–water partition coefficient (Wildman–Crippen LogP) is -1.27. The molecule has 0 saturated heterocycles. The van der Waals surface area contributed by atoms with Crippen molar-refractivity contribution in [1.82, 2.24) is 5.06 Å². The van der Waals surface area contributed by atoms with Crippen molar-refractivity contribution in [3.05, 3.63) is 35.9 Å². The van der Waals surface area contributed by atoms with Gasteiger partial charge in [0.2, 0.25) is 0 Å². The highest BCUT2D eigenvalue weighted by atomic mass is 16.7. The second-order valence-corrected chi connectivity index (χ2v) is 5.14. The van der Waals surface area contributed by atoms with Crippen LogP contribution in [0.4, 0.5) is 0 Å². The van der Waals surface area contributed by atoms with Gasteiger partial charge in [-0.2, -0.15) is 5.06 Å². The summed E-state index contributed by atoms with van der Waals surface area (Å²) >= 11 is 0. The lowest BCUT2D eigenvalue weighted by atomic mass is 10.1. The molecule has 1 aromatic rings. The summed E-state index contributed by atoms with van der Waals surface area (Å²) in [7, 11) is 0. The maximum atomic E-state index is 12.4. The normalized spacial score (nSPS) is 12.9. The molecule has 10 nitrogen and oxygen atoms in total. The zero-order valence-corrected chi connectivity index (χ0v) is 13.2. The van der Waals surface area contributed by atoms with Crippen molar-refractivity contribution in [1.29, 1.82) is 0 Å². The van der Waals surface area contributed by atoms with Gasteiger partial charge in [0, 0.05) is 0 Å². The van der Waals surface area contributed by atoms with Crippen LogP contribution >= 0.6 is 0 Å². The number of nitrogens with two attached hydrogens (primary N) is 2. The molecule has 0 aliphatic heterocycles. The van der Waals surface area contributed by atoms with Gasteiger partial charge in [-0.25, -0.2) is 4.79 Å². The highest BCUT2D eigenvalue weighted by Gasteiger charge is 2.33. The molecule has 0 heterocycles. The van der Waals surface area contributed by atoms with Gasteiger partial charge in [0.15, 0.2) is 6.61 Å². The van der Waals surface area contributed by atoms with Gasteiger partial charge in [-0.15, -0.1) is 0 Å². The van der Waals surface area contributed by atoms with E-state index < -0.39 is 48.9 Å². The number of nitrogens with zero attached hydrogens (tertiary/aromatic N) is 1. The Kier molecular flexibility index (Phi) is 7.66. The first-order valence-corrected chi connectivity index (χ1v) is 7.21. The summed E-state index contributed by atoms with van der Waals surface area (Å²) in [4.78, 5) is 50.4. The number of hydrogen-bond donors (Lipinski definition) is 4. The molecule has 1 aromatic carbocycles. The number of benzene rings is 1. The molecule has 2 amide bonds. The Morgan fingerprint density at radius 2 is 1.52 bits per heavy atom. The molecule has 0 bridgehead atoms. The fourth-order valence-corrected chi connectivity index (χ4v) is 1.89. The average Bonchev–Trinajstić information content (AvgIpc) is 2.54. The first-order chi connectivity index (χ1) is 11.7. The minimum Gasteiger partial charge on any atom is -0.481 e. The van der Waals surface area contributed by atoms with E-state index in [4.69, 9.17) is 21.7 Å². The molecule has 6 N–H and O–H groups in total. The van der Waals surface area contributed by atoms with Crippen LogP contribution in [0.2, 0.25) is 0 Å². The topological polar surface area (TPSA) is 173 Å². The third-order valence-electron chi connectivity index (χ3n) is 3.04. The largest absolute Gasteiger partial charge is 0.481 e. The smallest absolute Gasteiger partial charge is 0.332 e. The molecule has 0 aliphatic carbocycles. The van der Waals surface area contributed by atoms with Crippen molar-refractivity contribution >= 4 is 23.8 Å². The Hall–Kier alpha value is -2.82. The minimum absolute atomic E-state index is 0.0635. The number of imide groups is 1. The van der Waals surface area contributed by atoms with E-state index in [1.54, 1.807) is 30.3 Å². The summed E-state index contributed by atoms with van der Waals surface area (Å²) in [6, 6.07) is 5.88. The fraction of sp³-hybridized carbons (Fsp3) is 0.333. The number of hydrogen-bond acceptors (Lipinski definition) is 7. The van der Waals surface area contributed by atoms with E-state index in [-0.39, 0.29) is 11.5 Å². The molecule has 0 spiro atoms. The number of rotatable bonds is 9. The molecular weight excluding hydrogens is 334 g/mol. The molecule has 136 valence electrons. The Bertz CT molecular complexity index is 635. The zero-order valence-electron chi connectivity index (χ0n) is 13.2. The van der Waals surface area contributed by atoms with E-state index >= 15 is 0 Å². The summed E-state index contributed by atoms with van der Waals surface area (Å²) in [6.45, 7) is -0.991. The third kappa shape index (κ3) is 6.67. The first kappa shape index (κ1) is 20.2. The SMILES string of the molecule is N[C@@H](CC(=O)O)C(=O)N(OCC(=O)O)C(=O)[C@@H](N)Cc1ccccc1. The molecule has 25 heavy (non-hydrogen) atoms. The van der Waals surface area contributed by atoms with Crippen molar-refractivity contribution in [2.75, 3.05) is 6.61 Å². The molecule has 0 aliphatic rings. The number of amides is 2. The average molecular weight is 353 g/mol. The molecule has 0 fully saturated rings. The molecule has 0 radical (unpaired) electrons. The Labute approximate surface area is 142 Å². The molecule has 1 rings (SSSR count). The maximum absolute atomic E-state index is 12.4. The van der Waals surface area contributed by atoms with Crippen molar-refractivity contribution in [2.45, 2.75) is 24.9 Å². The van der Waals surface area contributed by atoms with Crippen LogP contribution in [0.15, 0.2) is 30.3 Å². The summed E-state index contributed by atoms with van der Waals surface area (Å²) < 4.78 is 0. The van der Waals surface area contributed by atoms with Crippen molar-refractivity contribution in [3.8, 4) is 0 Å². The van der Waals surface area contributed by atoms with Gasteiger partial charge in [0.1, 0.15) is 0 Å². The lowest BCUT2D eigenvalue weighted by molar-refractivity contribution is -0.201. The highest BCUT2D eigenvalue weighted by Crippen LogP contribution is 2.07. The van der Waals surface area contributed by atoms with Crippen molar-refractivity contribution in [2.24, 2.45) is 11.5 Å². The molecule has 10 heteroatoms. The summed E-state index contributed by atoms with van der Waals surface area (Å²) in [5.74, 6) is -5.00. The second kappa shape index (κ2) is 9.47. The van der Waals surface area contributed by atoms with Gasteiger partial charge in [-0.1, -0.05) is 30.3 Å². The van der Waals surface area contributed by atoms with Gasteiger partial charge in [-0.3, -0.25) is 19.2 Å². The Balaban J connectivity index is 2.88. The highest BCUT2D eigenvalue weighted by molar-refractivity contribution is 5.99. The predicted molar refractivity (Wildman–Crippen MR) is 83.8 cm³/mol. The second-order valence-electron chi connectivity index (χ2n) is 5.14. The standard InChI is InChI=1S/C15H19N3O7/c16-10(6-9-4-2-1-3-5-9)14(23)18(25-8-13(21)22)15(24)11(17)7-12(19)20/h1-5,10-11H,6-8,16-17H2,(H,19,20)(H,21,22)/t10-,11-/m0/s1. The van der Waals surface area contributed by atoms with Gasteiger partial charge in [0.25, 0.3) is 11.8 Å². The fourth-order valence-electron chi connectivity index (χ4n) is 1.89. The van der Waals surface area contributed by atoms with Crippen LogP contribution < -0.4 is 11.5 Å². The number of carbonyl (C=O) groups excluding carboxylic acids is 2. The van der Waals surface area contributed by atoms with E-state index in [9.17, 15) is 19.2 Å². The van der Waals surface area contributed by atoms with E-state index in [1.165, 1.54) is 0 Å². The van der Waals surface area contributed by atoms with E-state index in [0.29, 0.717) is 5.56 Å². The number of hydroxylamine groups is 2. The first-order valence-electron chi connectivity index (χ1n) is 7.21. The molecule has 0 saturated carbocycles. The van der Waals surface area contributed by atoms with E-state index in [2.05, 4.69) is 4.84 Å². The van der Waals surface area contributed by atoms with E-state index in [1.807, 2.05) is 0 Å². The third-order valence-corrected chi connectivity index (χ3v) is 3.04. The number of aliphatic carboxylic acids is 2. The van der Waals surface area contributed by atoms with Crippen LogP contribution in [-0.2, 0) is 30.4 Å². The van der Waals surface area contributed by atoms with Crippen molar-refractivity contribution in [3.63, 3.8) is 0 Å². The quantitative estimate of drug-likeness (QED) is 0.395. The minimum atomic E-state index is -1.58. The Morgan fingerprint density at radius 1 is 0.960 bits per heavy atom. The van der Waals surface area contributed by atoms with Crippen LogP contribution in [-0.4, -0.2) is 57.7 Å². The van der Waals surface area contributed by atoms with Crippen LogP contribution in [0.1, 0.15) is 12.0 Å². The summed E-state index contributed by atoms with van der Waals surface area (Å²) in [5.41, 5.74) is 11.9. The monoisotopic (exact) mass is 353 g/mol. The van der Waals surface area contributed by atoms with Crippen molar-refractivity contribution < 1.29 is 34.2 Å². The van der Waals surface area contributed by atoms with Crippen LogP contribution in [0.25, 0.3) is 0 Å². The van der Waals surface area contributed by atoms with Gasteiger partial charge in [0.05, 0.1) is 18.5 Å². The van der Waals surface area contributed by atoms with Crippen LogP contribution in [0.3, 0.4) is 0 Å². The maximum Gasteiger partial charge on any atom is 0.332 e. The molecule has 0 aromatic heterocycles. The lowest BCUT2D eigenvalue weighted by Gasteiger charge is -2.24. The van der Waals surface area contributed by atoms with Gasteiger partial charge >= 0.3 is 11.9 Å². The number of carbonyl (C=O) groups is 4. The van der Waals surface area contributed by atoms with Crippen LogP contribution in [0, 0.1) is 0 Å². The summed E-state index contributed by atoms with van der Waals surface area (Å²) in [6.07, 6.45) is -0.693. The number of carboxylic acids is 2.